The summed E-state index contributed by atoms with van der Waals surface area (Å²) in [7, 11) is 1.68. The van der Waals surface area contributed by atoms with Gasteiger partial charge < -0.3 is 15.0 Å². The molecule has 1 amide bonds. The van der Waals surface area contributed by atoms with Gasteiger partial charge in [0, 0.05) is 56.7 Å². The van der Waals surface area contributed by atoms with Crippen LogP contribution >= 0.6 is 0 Å². The van der Waals surface area contributed by atoms with Gasteiger partial charge >= 0.3 is 0 Å². The molecule has 2 aromatic rings. The summed E-state index contributed by atoms with van der Waals surface area (Å²) in [5.74, 6) is 0.951. The first kappa shape index (κ1) is 20.1. The van der Waals surface area contributed by atoms with E-state index in [4.69, 9.17) is 4.74 Å². The standard InChI is InChI=1S/C22H30N4O2/c1-17(2)22(27)24-16-21(18-5-4-10-23-15-18)26-13-11-25(12-14-26)19-6-8-20(28-3)9-7-19/h4-10,15,17,21H,11-14,16H2,1-3H3,(H,24,27). The maximum Gasteiger partial charge on any atom is 0.222 e. The number of anilines is 1. The van der Waals surface area contributed by atoms with Crippen LogP contribution in [0.25, 0.3) is 0 Å². The van der Waals surface area contributed by atoms with Gasteiger partial charge in [0.15, 0.2) is 0 Å². The number of nitrogens with zero attached hydrogens (tertiary/aromatic N) is 3. The molecule has 6 nitrogen and oxygen atoms in total. The molecule has 0 saturated carbocycles. The number of pyridine rings is 1. The Kier molecular flexibility index (Phi) is 6.87. The second-order valence-corrected chi connectivity index (χ2v) is 7.42. The van der Waals surface area contributed by atoms with E-state index in [1.807, 2.05) is 38.2 Å². The second-order valence-electron chi connectivity index (χ2n) is 7.42. The first-order chi connectivity index (χ1) is 13.6. The minimum absolute atomic E-state index is 0.0125. The lowest BCUT2D eigenvalue weighted by atomic mass is 10.1. The molecule has 0 bridgehead atoms. The highest BCUT2D eigenvalue weighted by Gasteiger charge is 2.26. The minimum Gasteiger partial charge on any atom is -0.497 e. The fourth-order valence-corrected chi connectivity index (χ4v) is 3.52. The lowest BCUT2D eigenvalue weighted by molar-refractivity contribution is -0.124. The number of methoxy groups -OCH3 is 1. The number of amides is 1. The summed E-state index contributed by atoms with van der Waals surface area (Å²) < 4.78 is 5.25. The molecule has 1 fully saturated rings. The Hall–Kier alpha value is -2.60. The van der Waals surface area contributed by atoms with Gasteiger partial charge in [-0.1, -0.05) is 19.9 Å². The molecule has 1 aliphatic rings. The summed E-state index contributed by atoms with van der Waals surface area (Å²) >= 11 is 0. The molecule has 1 aliphatic heterocycles. The zero-order valence-corrected chi connectivity index (χ0v) is 17.0. The van der Waals surface area contributed by atoms with Crippen molar-refractivity contribution in [3.63, 3.8) is 0 Å². The Morgan fingerprint density at radius 2 is 1.86 bits per heavy atom. The molecule has 1 saturated heterocycles. The van der Waals surface area contributed by atoms with Gasteiger partial charge in [-0.3, -0.25) is 14.7 Å². The van der Waals surface area contributed by atoms with Crippen LogP contribution < -0.4 is 15.0 Å². The van der Waals surface area contributed by atoms with Gasteiger partial charge in [0.1, 0.15) is 5.75 Å². The number of rotatable bonds is 7. The van der Waals surface area contributed by atoms with Crippen molar-refractivity contribution in [3.05, 3.63) is 54.4 Å². The number of hydrogen-bond donors (Lipinski definition) is 1. The third kappa shape index (κ3) is 5.01. The zero-order chi connectivity index (χ0) is 19.9. The highest BCUT2D eigenvalue weighted by molar-refractivity contribution is 5.77. The van der Waals surface area contributed by atoms with Crippen molar-refractivity contribution in [2.24, 2.45) is 5.92 Å². The number of carbonyl (C=O) groups excluding carboxylic acids is 1. The van der Waals surface area contributed by atoms with Gasteiger partial charge in [0.05, 0.1) is 13.2 Å². The van der Waals surface area contributed by atoms with Crippen molar-refractivity contribution in [1.82, 2.24) is 15.2 Å². The Morgan fingerprint density at radius 3 is 2.43 bits per heavy atom. The summed E-state index contributed by atoms with van der Waals surface area (Å²) in [6.45, 7) is 8.20. The average molecular weight is 383 g/mol. The lowest BCUT2D eigenvalue weighted by Crippen LogP contribution is -2.50. The molecule has 0 aliphatic carbocycles. The first-order valence-corrected chi connectivity index (χ1v) is 9.89. The Balaban J connectivity index is 1.65. The van der Waals surface area contributed by atoms with Crippen LogP contribution in [0.2, 0.25) is 0 Å². The molecule has 28 heavy (non-hydrogen) atoms. The molecule has 1 aromatic heterocycles. The smallest absolute Gasteiger partial charge is 0.222 e. The van der Waals surface area contributed by atoms with Gasteiger partial charge in [-0.05, 0) is 35.9 Å². The fraction of sp³-hybridized carbons (Fsp3) is 0.455. The number of aromatic nitrogens is 1. The normalized spacial score (nSPS) is 16.1. The first-order valence-electron chi connectivity index (χ1n) is 9.89. The summed E-state index contributed by atoms with van der Waals surface area (Å²) in [5.41, 5.74) is 2.36. The number of carbonyl (C=O) groups is 1. The summed E-state index contributed by atoms with van der Waals surface area (Å²) in [4.78, 5) is 21.2. The Labute approximate surface area is 167 Å². The van der Waals surface area contributed by atoms with E-state index in [0.29, 0.717) is 6.54 Å². The molecule has 1 aromatic carbocycles. The van der Waals surface area contributed by atoms with Crippen LogP contribution in [0.4, 0.5) is 5.69 Å². The van der Waals surface area contributed by atoms with E-state index in [2.05, 4.69) is 38.3 Å². The Bertz CT molecular complexity index is 741. The van der Waals surface area contributed by atoms with Crippen molar-refractivity contribution in [3.8, 4) is 5.75 Å². The number of ether oxygens (including phenoxy) is 1. The zero-order valence-electron chi connectivity index (χ0n) is 17.0. The van der Waals surface area contributed by atoms with E-state index in [1.165, 1.54) is 5.69 Å². The van der Waals surface area contributed by atoms with Crippen LogP contribution in [0.3, 0.4) is 0 Å². The Morgan fingerprint density at radius 1 is 1.14 bits per heavy atom. The van der Waals surface area contributed by atoms with E-state index in [9.17, 15) is 4.79 Å². The molecule has 3 rings (SSSR count). The number of benzene rings is 1. The van der Waals surface area contributed by atoms with Crippen molar-refractivity contribution in [2.45, 2.75) is 19.9 Å². The second kappa shape index (κ2) is 9.55. The third-order valence-electron chi connectivity index (χ3n) is 5.26. The molecule has 1 unspecified atom stereocenters. The number of nitrogens with one attached hydrogen (secondary N) is 1. The van der Waals surface area contributed by atoms with Crippen LogP contribution in [0.15, 0.2) is 48.8 Å². The van der Waals surface area contributed by atoms with E-state index in [1.54, 1.807) is 13.3 Å². The number of hydrogen-bond acceptors (Lipinski definition) is 5. The van der Waals surface area contributed by atoms with E-state index >= 15 is 0 Å². The maximum atomic E-state index is 12.1. The largest absolute Gasteiger partial charge is 0.497 e. The predicted molar refractivity (Wildman–Crippen MR) is 112 cm³/mol. The topological polar surface area (TPSA) is 57.7 Å². The molecular formula is C22H30N4O2. The fourth-order valence-electron chi connectivity index (χ4n) is 3.52. The molecule has 0 radical (unpaired) electrons. The number of piperazine rings is 1. The van der Waals surface area contributed by atoms with E-state index in [0.717, 1.165) is 37.5 Å². The molecule has 0 spiro atoms. The lowest BCUT2D eigenvalue weighted by Gasteiger charge is -2.40. The minimum atomic E-state index is -0.0125. The predicted octanol–water partition coefficient (Wildman–Crippen LogP) is 2.73. The highest BCUT2D eigenvalue weighted by Crippen LogP contribution is 2.25. The van der Waals surface area contributed by atoms with Gasteiger partial charge in [0.25, 0.3) is 0 Å². The average Bonchev–Trinajstić information content (AvgIpc) is 2.75. The molecule has 6 heteroatoms. The molecule has 150 valence electrons. The van der Waals surface area contributed by atoms with Gasteiger partial charge in [0.2, 0.25) is 5.91 Å². The van der Waals surface area contributed by atoms with Crippen molar-refractivity contribution >= 4 is 11.6 Å². The van der Waals surface area contributed by atoms with Crippen molar-refractivity contribution in [2.75, 3.05) is 44.7 Å². The van der Waals surface area contributed by atoms with Gasteiger partial charge in [-0.25, -0.2) is 0 Å². The summed E-state index contributed by atoms with van der Waals surface area (Å²) in [6, 6.07) is 12.4. The molecule has 2 heterocycles. The van der Waals surface area contributed by atoms with Crippen LogP contribution in [-0.2, 0) is 4.79 Å². The van der Waals surface area contributed by atoms with E-state index in [-0.39, 0.29) is 17.9 Å². The highest BCUT2D eigenvalue weighted by atomic mass is 16.5. The van der Waals surface area contributed by atoms with Gasteiger partial charge in [-0.2, -0.15) is 0 Å². The molecule has 1 N–H and O–H groups in total. The van der Waals surface area contributed by atoms with Crippen LogP contribution in [0.5, 0.6) is 5.75 Å². The SMILES string of the molecule is COc1ccc(N2CCN(C(CNC(=O)C(C)C)c3cccnc3)CC2)cc1. The van der Waals surface area contributed by atoms with Crippen molar-refractivity contribution < 1.29 is 9.53 Å². The van der Waals surface area contributed by atoms with Crippen LogP contribution in [0.1, 0.15) is 25.5 Å². The molecule has 1 atom stereocenters. The molecular weight excluding hydrogens is 352 g/mol. The summed E-state index contributed by atoms with van der Waals surface area (Å²) in [5, 5.41) is 3.10. The monoisotopic (exact) mass is 382 g/mol. The van der Waals surface area contributed by atoms with Crippen LogP contribution in [-0.4, -0.2) is 55.6 Å². The third-order valence-corrected chi connectivity index (χ3v) is 5.26. The van der Waals surface area contributed by atoms with Crippen molar-refractivity contribution in [1.29, 1.82) is 0 Å². The quantitative estimate of drug-likeness (QED) is 0.798. The van der Waals surface area contributed by atoms with E-state index < -0.39 is 0 Å². The summed E-state index contributed by atoms with van der Waals surface area (Å²) in [6.07, 6.45) is 3.69. The van der Waals surface area contributed by atoms with Gasteiger partial charge in [-0.15, -0.1) is 0 Å². The van der Waals surface area contributed by atoms with Crippen LogP contribution in [0, 0.1) is 5.92 Å². The maximum absolute atomic E-state index is 12.1.